The number of hydrogen-bond donors (Lipinski definition) is 0. The molecule has 0 aliphatic carbocycles. The lowest BCUT2D eigenvalue weighted by Crippen LogP contribution is -2.07. The van der Waals surface area contributed by atoms with E-state index in [0.29, 0.717) is 40.8 Å². The summed E-state index contributed by atoms with van der Waals surface area (Å²) < 4.78 is 22.4. The standard InChI is InChI=1S/C24H25NO5/c1-4-6-14-28-17(3)21-15-19(30-18-10-8-7-9-11-18)12-13-20(21)23-22(25-16-29-23)24(26)27-5-2/h7-13,15-16H,3-6,14H2,1-2H3. The lowest BCUT2D eigenvalue weighted by molar-refractivity contribution is 0.0520. The van der Waals surface area contributed by atoms with Crippen molar-refractivity contribution in [1.82, 2.24) is 4.98 Å². The van der Waals surface area contributed by atoms with Crippen molar-refractivity contribution in [2.24, 2.45) is 0 Å². The minimum Gasteiger partial charge on any atom is -0.494 e. The smallest absolute Gasteiger partial charge is 0.360 e. The van der Waals surface area contributed by atoms with Gasteiger partial charge in [0.15, 0.2) is 17.8 Å². The molecule has 2 aromatic carbocycles. The van der Waals surface area contributed by atoms with Crippen LogP contribution >= 0.6 is 0 Å². The highest BCUT2D eigenvalue weighted by atomic mass is 16.5. The van der Waals surface area contributed by atoms with Gasteiger partial charge in [-0.15, -0.1) is 0 Å². The fourth-order valence-electron chi connectivity index (χ4n) is 2.84. The van der Waals surface area contributed by atoms with Crippen LogP contribution in [0.25, 0.3) is 17.1 Å². The quantitative estimate of drug-likeness (QED) is 0.230. The number of rotatable bonds is 10. The summed E-state index contributed by atoms with van der Waals surface area (Å²) in [4.78, 5) is 16.3. The van der Waals surface area contributed by atoms with Crippen LogP contribution in [0.1, 0.15) is 42.7 Å². The third-order valence-electron chi connectivity index (χ3n) is 4.33. The van der Waals surface area contributed by atoms with Gasteiger partial charge < -0.3 is 18.6 Å². The number of aromatic nitrogens is 1. The molecular formula is C24H25NO5. The zero-order chi connectivity index (χ0) is 21.3. The Kier molecular flexibility index (Phi) is 7.27. The summed E-state index contributed by atoms with van der Waals surface area (Å²) >= 11 is 0. The van der Waals surface area contributed by atoms with Crippen molar-refractivity contribution >= 4 is 11.7 Å². The summed E-state index contributed by atoms with van der Waals surface area (Å²) in [5, 5.41) is 0. The molecule has 1 heterocycles. The highest BCUT2D eigenvalue weighted by molar-refractivity contribution is 5.95. The van der Waals surface area contributed by atoms with Crippen LogP contribution in [-0.2, 0) is 9.47 Å². The molecule has 0 aliphatic heterocycles. The Morgan fingerprint density at radius 2 is 1.87 bits per heavy atom. The number of para-hydroxylation sites is 1. The fraction of sp³-hybridized carbons (Fsp3) is 0.250. The Bertz CT molecular complexity index is 994. The average Bonchev–Trinajstić information content (AvgIpc) is 3.24. The molecule has 156 valence electrons. The van der Waals surface area contributed by atoms with Gasteiger partial charge in [0, 0.05) is 11.1 Å². The molecule has 0 aliphatic rings. The maximum atomic E-state index is 12.3. The van der Waals surface area contributed by atoms with Crippen molar-refractivity contribution in [3.05, 3.63) is 72.8 Å². The van der Waals surface area contributed by atoms with Gasteiger partial charge in [0.05, 0.1) is 13.2 Å². The van der Waals surface area contributed by atoms with Crippen molar-refractivity contribution in [2.75, 3.05) is 13.2 Å². The second-order valence-corrected chi connectivity index (χ2v) is 6.50. The normalized spacial score (nSPS) is 10.5. The van der Waals surface area contributed by atoms with E-state index >= 15 is 0 Å². The van der Waals surface area contributed by atoms with Gasteiger partial charge in [0.1, 0.15) is 17.3 Å². The van der Waals surface area contributed by atoms with Gasteiger partial charge in [0.25, 0.3) is 0 Å². The second kappa shape index (κ2) is 10.3. The van der Waals surface area contributed by atoms with Crippen LogP contribution in [0.2, 0.25) is 0 Å². The van der Waals surface area contributed by atoms with Crippen LogP contribution in [0, 0.1) is 0 Å². The number of benzene rings is 2. The molecule has 6 nitrogen and oxygen atoms in total. The van der Waals surface area contributed by atoms with Crippen LogP contribution < -0.4 is 4.74 Å². The molecule has 6 heteroatoms. The Hall–Kier alpha value is -3.54. The van der Waals surface area contributed by atoms with E-state index in [-0.39, 0.29) is 12.3 Å². The lowest BCUT2D eigenvalue weighted by atomic mass is 10.0. The maximum absolute atomic E-state index is 12.3. The van der Waals surface area contributed by atoms with E-state index in [1.165, 1.54) is 6.39 Å². The number of esters is 1. The first-order chi connectivity index (χ1) is 14.6. The van der Waals surface area contributed by atoms with Gasteiger partial charge in [-0.05, 0) is 43.7 Å². The molecule has 0 amide bonds. The monoisotopic (exact) mass is 407 g/mol. The summed E-state index contributed by atoms with van der Waals surface area (Å²) in [5.74, 6) is 1.53. The number of oxazole rings is 1. The summed E-state index contributed by atoms with van der Waals surface area (Å²) in [6, 6.07) is 14.9. The summed E-state index contributed by atoms with van der Waals surface area (Å²) in [6.45, 7) is 8.68. The van der Waals surface area contributed by atoms with Gasteiger partial charge in [0.2, 0.25) is 0 Å². The fourth-order valence-corrected chi connectivity index (χ4v) is 2.84. The number of carbonyl (C=O) groups excluding carboxylic acids is 1. The summed E-state index contributed by atoms with van der Waals surface area (Å²) in [6.07, 6.45) is 3.14. The summed E-state index contributed by atoms with van der Waals surface area (Å²) in [5.41, 5.74) is 1.38. The third kappa shape index (κ3) is 5.08. The van der Waals surface area contributed by atoms with Crippen molar-refractivity contribution in [3.8, 4) is 22.8 Å². The van der Waals surface area contributed by atoms with E-state index in [4.69, 9.17) is 18.6 Å². The number of unbranched alkanes of at least 4 members (excludes halogenated alkanes) is 1. The van der Waals surface area contributed by atoms with Crippen molar-refractivity contribution in [2.45, 2.75) is 26.7 Å². The first kappa shape index (κ1) is 21.2. The minimum atomic E-state index is -0.547. The molecule has 0 radical (unpaired) electrons. The Labute approximate surface area is 176 Å². The summed E-state index contributed by atoms with van der Waals surface area (Å²) in [7, 11) is 0. The average molecular weight is 407 g/mol. The molecule has 30 heavy (non-hydrogen) atoms. The predicted octanol–water partition coefficient (Wildman–Crippen LogP) is 6.10. The third-order valence-corrected chi connectivity index (χ3v) is 4.33. The first-order valence-corrected chi connectivity index (χ1v) is 9.94. The van der Waals surface area contributed by atoms with Gasteiger partial charge in [-0.2, -0.15) is 0 Å². The van der Waals surface area contributed by atoms with Crippen LogP contribution in [-0.4, -0.2) is 24.2 Å². The Morgan fingerprint density at radius 1 is 1.07 bits per heavy atom. The van der Waals surface area contributed by atoms with E-state index in [1.807, 2.05) is 36.4 Å². The van der Waals surface area contributed by atoms with Crippen molar-refractivity contribution < 1.29 is 23.4 Å². The maximum Gasteiger partial charge on any atom is 0.360 e. The van der Waals surface area contributed by atoms with E-state index in [2.05, 4.69) is 18.5 Å². The van der Waals surface area contributed by atoms with Crippen LogP contribution in [0.15, 0.2) is 65.9 Å². The molecule has 1 aromatic heterocycles. The second-order valence-electron chi connectivity index (χ2n) is 6.50. The van der Waals surface area contributed by atoms with Crippen LogP contribution in [0.3, 0.4) is 0 Å². The van der Waals surface area contributed by atoms with E-state index in [0.717, 1.165) is 12.8 Å². The van der Waals surface area contributed by atoms with Gasteiger partial charge in [-0.25, -0.2) is 9.78 Å². The van der Waals surface area contributed by atoms with Crippen molar-refractivity contribution in [3.63, 3.8) is 0 Å². The SMILES string of the molecule is C=C(OCCCC)c1cc(Oc2ccccc2)ccc1-c1ocnc1C(=O)OCC. The highest BCUT2D eigenvalue weighted by Gasteiger charge is 2.23. The van der Waals surface area contributed by atoms with Gasteiger partial charge >= 0.3 is 5.97 Å². The lowest BCUT2D eigenvalue weighted by Gasteiger charge is -2.15. The topological polar surface area (TPSA) is 70.8 Å². The van der Waals surface area contributed by atoms with Crippen molar-refractivity contribution in [1.29, 1.82) is 0 Å². The van der Waals surface area contributed by atoms with Gasteiger partial charge in [-0.1, -0.05) is 38.1 Å². The van der Waals surface area contributed by atoms with E-state index < -0.39 is 5.97 Å². The molecule has 0 bridgehead atoms. The molecule has 0 saturated heterocycles. The molecule has 0 atom stereocenters. The molecule has 3 aromatic rings. The van der Waals surface area contributed by atoms with Gasteiger partial charge in [-0.3, -0.25) is 0 Å². The molecule has 0 spiro atoms. The molecule has 3 rings (SSSR count). The molecule has 0 N–H and O–H groups in total. The predicted molar refractivity (Wildman–Crippen MR) is 114 cm³/mol. The zero-order valence-electron chi connectivity index (χ0n) is 17.2. The molecular weight excluding hydrogens is 382 g/mol. The molecule has 0 saturated carbocycles. The Balaban J connectivity index is 1.99. The van der Waals surface area contributed by atoms with E-state index in [1.54, 1.807) is 19.1 Å². The van der Waals surface area contributed by atoms with Crippen LogP contribution in [0.5, 0.6) is 11.5 Å². The number of ether oxygens (including phenoxy) is 3. The number of nitrogens with zero attached hydrogens (tertiary/aromatic N) is 1. The first-order valence-electron chi connectivity index (χ1n) is 9.94. The largest absolute Gasteiger partial charge is 0.494 e. The molecule has 0 fully saturated rings. The van der Waals surface area contributed by atoms with Crippen LogP contribution in [0.4, 0.5) is 0 Å². The highest BCUT2D eigenvalue weighted by Crippen LogP contribution is 2.35. The zero-order valence-corrected chi connectivity index (χ0v) is 17.2. The Morgan fingerprint density at radius 3 is 2.60 bits per heavy atom. The number of hydrogen-bond acceptors (Lipinski definition) is 6. The minimum absolute atomic E-state index is 0.108. The molecule has 0 unspecified atom stereocenters. The number of carbonyl (C=O) groups is 1. The van der Waals surface area contributed by atoms with E-state index in [9.17, 15) is 4.79 Å².